The molecule has 2 aliphatic heterocycles. The van der Waals surface area contributed by atoms with Gasteiger partial charge < -0.3 is 15.4 Å². The zero-order chi connectivity index (χ0) is 13.1. The maximum Gasteiger partial charge on any atom is 0.191 e. The molecule has 2 atom stereocenters. The third-order valence-electron chi connectivity index (χ3n) is 5.00. The normalized spacial score (nSPS) is 33.5. The lowest BCUT2D eigenvalue weighted by molar-refractivity contribution is 0.0769. The van der Waals surface area contributed by atoms with Crippen LogP contribution < -0.4 is 5.73 Å². The number of ether oxygens (including phenoxy) is 1. The summed E-state index contributed by atoms with van der Waals surface area (Å²) in [7, 11) is 0. The van der Waals surface area contributed by atoms with Crippen LogP contribution in [0.3, 0.4) is 0 Å². The number of guanidine groups is 1. The van der Waals surface area contributed by atoms with Crippen molar-refractivity contribution in [3.05, 3.63) is 0 Å². The van der Waals surface area contributed by atoms with Crippen LogP contribution >= 0.6 is 0 Å². The van der Waals surface area contributed by atoms with E-state index in [2.05, 4.69) is 9.89 Å². The van der Waals surface area contributed by atoms with Crippen LogP contribution in [-0.2, 0) is 4.74 Å². The van der Waals surface area contributed by atoms with Crippen LogP contribution in [0.25, 0.3) is 0 Å². The highest BCUT2D eigenvalue weighted by Crippen LogP contribution is 2.31. The quantitative estimate of drug-likeness (QED) is 0.795. The van der Waals surface area contributed by atoms with Crippen molar-refractivity contribution in [2.24, 2.45) is 16.6 Å². The average Bonchev–Trinajstić information content (AvgIpc) is 2.95. The summed E-state index contributed by atoms with van der Waals surface area (Å²) in [4.78, 5) is 6.86. The van der Waals surface area contributed by atoms with Crippen molar-refractivity contribution in [2.75, 3.05) is 19.7 Å². The van der Waals surface area contributed by atoms with Gasteiger partial charge in [0.05, 0.1) is 18.7 Å². The number of rotatable bonds is 3. The molecule has 2 N–H and O–H groups in total. The van der Waals surface area contributed by atoms with E-state index in [1.54, 1.807) is 0 Å². The molecule has 0 aromatic rings. The predicted octanol–water partition coefficient (Wildman–Crippen LogP) is 2.13. The zero-order valence-electron chi connectivity index (χ0n) is 11.9. The van der Waals surface area contributed by atoms with Crippen molar-refractivity contribution in [1.82, 2.24) is 4.90 Å². The molecule has 0 amide bonds. The molecule has 2 heterocycles. The largest absolute Gasteiger partial charge is 0.376 e. The number of aliphatic imine (C=N–C) groups is 1. The Hall–Kier alpha value is -0.770. The molecule has 0 aromatic heterocycles. The molecular formula is C15H27N3O. The van der Waals surface area contributed by atoms with E-state index in [-0.39, 0.29) is 0 Å². The van der Waals surface area contributed by atoms with Crippen LogP contribution in [-0.4, -0.2) is 42.7 Å². The van der Waals surface area contributed by atoms with Gasteiger partial charge in [-0.1, -0.05) is 25.7 Å². The van der Waals surface area contributed by atoms with Crippen molar-refractivity contribution in [3.8, 4) is 0 Å². The van der Waals surface area contributed by atoms with E-state index in [0.29, 0.717) is 12.1 Å². The van der Waals surface area contributed by atoms with Gasteiger partial charge in [0, 0.05) is 13.2 Å². The van der Waals surface area contributed by atoms with Crippen LogP contribution in [0.2, 0.25) is 0 Å². The lowest BCUT2D eigenvalue weighted by atomic mass is 9.91. The smallest absolute Gasteiger partial charge is 0.191 e. The van der Waals surface area contributed by atoms with E-state index >= 15 is 0 Å². The van der Waals surface area contributed by atoms with E-state index in [9.17, 15) is 0 Å². The zero-order valence-corrected chi connectivity index (χ0v) is 11.9. The van der Waals surface area contributed by atoms with Crippen molar-refractivity contribution >= 4 is 5.96 Å². The third-order valence-corrected chi connectivity index (χ3v) is 5.00. The number of hydrogen-bond acceptors (Lipinski definition) is 4. The molecule has 2 unspecified atom stereocenters. The van der Waals surface area contributed by atoms with Gasteiger partial charge in [0.2, 0.25) is 0 Å². The Labute approximate surface area is 116 Å². The molecule has 3 aliphatic rings. The summed E-state index contributed by atoms with van der Waals surface area (Å²) < 4.78 is 5.77. The van der Waals surface area contributed by atoms with Gasteiger partial charge in [-0.05, 0) is 31.6 Å². The Balaban J connectivity index is 1.62. The van der Waals surface area contributed by atoms with Crippen molar-refractivity contribution in [3.63, 3.8) is 0 Å². The first-order chi connectivity index (χ1) is 9.34. The summed E-state index contributed by atoms with van der Waals surface area (Å²) >= 11 is 0. The van der Waals surface area contributed by atoms with Crippen molar-refractivity contribution in [2.45, 2.75) is 63.5 Å². The molecular weight excluding hydrogens is 238 g/mol. The van der Waals surface area contributed by atoms with Gasteiger partial charge in [-0.15, -0.1) is 0 Å². The molecule has 108 valence electrons. The SMILES string of the molecule is NC1=NCC(C2CCCCCC2)N1CC1CCCO1. The average molecular weight is 265 g/mol. The van der Waals surface area contributed by atoms with Crippen molar-refractivity contribution < 1.29 is 4.74 Å². The minimum absolute atomic E-state index is 0.375. The molecule has 1 saturated carbocycles. The van der Waals surface area contributed by atoms with Crippen LogP contribution in [0.1, 0.15) is 51.4 Å². The van der Waals surface area contributed by atoms with E-state index in [4.69, 9.17) is 10.5 Å². The topological polar surface area (TPSA) is 50.8 Å². The van der Waals surface area contributed by atoms with Gasteiger partial charge in [0.25, 0.3) is 0 Å². The molecule has 0 radical (unpaired) electrons. The predicted molar refractivity (Wildman–Crippen MR) is 77.1 cm³/mol. The summed E-state index contributed by atoms with van der Waals surface area (Å²) in [6.07, 6.45) is 11.1. The Morgan fingerprint density at radius 1 is 1.11 bits per heavy atom. The maximum absolute atomic E-state index is 6.11. The summed E-state index contributed by atoms with van der Waals surface area (Å²) in [5.74, 6) is 1.54. The van der Waals surface area contributed by atoms with E-state index in [0.717, 1.165) is 31.6 Å². The van der Waals surface area contributed by atoms with E-state index in [1.807, 2.05) is 0 Å². The maximum atomic E-state index is 6.11. The minimum atomic E-state index is 0.375. The molecule has 2 fully saturated rings. The molecule has 1 aliphatic carbocycles. The van der Waals surface area contributed by atoms with Gasteiger partial charge in [-0.2, -0.15) is 0 Å². The van der Waals surface area contributed by atoms with E-state index < -0.39 is 0 Å². The highest BCUT2D eigenvalue weighted by molar-refractivity contribution is 5.80. The standard InChI is InChI=1S/C15H27N3O/c16-15-17-10-14(12-6-3-1-2-4-7-12)18(15)11-13-8-5-9-19-13/h12-14H,1-11H2,(H2,16,17). The van der Waals surface area contributed by atoms with Crippen LogP contribution in [0, 0.1) is 5.92 Å². The fourth-order valence-electron chi connectivity index (χ4n) is 3.88. The first-order valence-electron chi connectivity index (χ1n) is 8.03. The lowest BCUT2D eigenvalue weighted by Gasteiger charge is -2.33. The molecule has 0 aromatic carbocycles. The van der Waals surface area contributed by atoms with Crippen LogP contribution in [0.5, 0.6) is 0 Å². The fraction of sp³-hybridized carbons (Fsp3) is 0.933. The Morgan fingerprint density at radius 2 is 1.89 bits per heavy atom. The molecule has 0 spiro atoms. The fourth-order valence-corrected chi connectivity index (χ4v) is 3.88. The molecule has 4 nitrogen and oxygen atoms in total. The van der Waals surface area contributed by atoms with Crippen molar-refractivity contribution in [1.29, 1.82) is 0 Å². The molecule has 3 rings (SSSR count). The van der Waals surface area contributed by atoms with Gasteiger partial charge in [0.1, 0.15) is 0 Å². The Kier molecular flexibility index (Phi) is 4.26. The highest BCUT2D eigenvalue weighted by Gasteiger charge is 2.34. The second-order valence-electron chi connectivity index (χ2n) is 6.31. The number of nitrogens with zero attached hydrogens (tertiary/aromatic N) is 2. The Morgan fingerprint density at radius 3 is 2.58 bits per heavy atom. The third kappa shape index (κ3) is 3.04. The van der Waals surface area contributed by atoms with Gasteiger partial charge in [-0.3, -0.25) is 4.99 Å². The van der Waals surface area contributed by atoms with Crippen LogP contribution in [0.15, 0.2) is 4.99 Å². The van der Waals surface area contributed by atoms with E-state index in [1.165, 1.54) is 51.4 Å². The summed E-state index contributed by atoms with van der Waals surface area (Å²) in [6.45, 7) is 2.78. The number of nitrogens with two attached hydrogens (primary N) is 1. The summed E-state index contributed by atoms with van der Waals surface area (Å²) in [5.41, 5.74) is 6.11. The van der Waals surface area contributed by atoms with Gasteiger partial charge >= 0.3 is 0 Å². The lowest BCUT2D eigenvalue weighted by Crippen LogP contribution is -2.47. The number of hydrogen-bond donors (Lipinski definition) is 1. The molecule has 1 saturated heterocycles. The minimum Gasteiger partial charge on any atom is -0.376 e. The molecule has 4 heteroatoms. The highest BCUT2D eigenvalue weighted by atomic mass is 16.5. The summed E-state index contributed by atoms with van der Waals surface area (Å²) in [5, 5.41) is 0. The molecule has 19 heavy (non-hydrogen) atoms. The monoisotopic (exact) mass is 265 g/mol. The first-order valence-corrected chi connectivity index (χ1v) is 8.03. The second-order valence-corrected chi connectivity index (χ2v) is 6.31. The van der Waals surface area contributed by atoms with Crippen LogP contribution in [0.4, 0.5) is 0 Å². The summed E-state index contributed by atoms with van der Waals surface area (Å²) in [6, 6.07) is 0.544. The van der Waals surface area contributed by atoms with Gasteiger partial charge in [-0.25, -0.2) is 0 Å². The second kappa shape index (κ2) is 6.12. The van der Waals surface area contributed by atoms with Gasteiger partial charge in [0.15, 0.2) is 5.96 Å². The first kappa shape index (κ1) is 13.2. The Bertz CT molecular complexity index is 317. The molecule has 0 bridgehead atoms.